The number of benzene rings is 2. The van der Waals surface area contributed by atoms with Crippen LogP contribution in [0.2, 0.25) is 0 Å². The maximum Gasteiger partial charge on any atom is 0.511 e. The van der Waals surface area contributed by atoms with E-state index in [1.54, 1.807) is 12.1 Å². The van der Waals surface area contributed by atoms with Gasteiger partial charge in [0.2, 0.25) is 0 Å². The number of hydrogen-bond acceptors (Lipinski definition) is 2. The lowest BCUT2D eigenvalue weighted by Crippen LogP contribution is -2.02. The molecule has 0 heterocycles. The van der Waals surface area contributed by atoms with Gasteiger partial charge in [-0.15, -0.1) is 0 Å². The van der Waals surface area contributed by atoms with E-state index in [2.05, 4.69) is 35.9 Å². The van der Waals surface area contributed by atoms with E-state index in [4.69, 9.17) is 5.11 Å². The number of ether oxygens (including phenoxy) is 1. The summed E-state index contributed by atoms with van der Waals surface area (Å²) in [6, 6.07) is 15.6. The minimum absolute atomic E-state index is 0.336. The van der Waals surface area contributed by atoms with Gasteiger partial charge >= 0.3 is 6.16 Å². The van der Waals surface area contributed by atoms with Crippen molar-refractivity contribution >= 4 is 6.16 Å². The SMILES string of the molecule is CCCCCc1ccc(-c2ccc(OC(=O)O)cc2)cc1. The van der Waals surface area contributed by atoms with Crippen molar-refractivity contribution in [3.63, 3.8) is 0 Å². The van der Waals surface area contributed by atoms with Crippen molar-refractivity contribution in [1.82, 2.24) is 0 Å². The molecule has 0 fully saturated rings. The quantitative estimate of drug-likeness (QED) is 0.453. The molecule has 0 unspecified atom stereocenters. The van der Waals surface area contributed by atoms with Gasteiger partial charge in [-0.3, -0.25) is 0 Å². The van der Waals surface area contributed by atoms with E-state index >= 15 is 0 Å². The molecule has 2 aromatic carbocycles. The molecular formula is C18H20O3. The summed E-state index contributed by atoms with van der Waals surface area (Å²) in [7, 11) is 0. The van der Waals surface area contributed by atoms with E-state index in [1.807, 2.05) is 12.1 Å². The molecule has 21 heavy (non-hydrogen) atoms. The summed E-state index contributed by atoms with van der Waals surface area (Å²) in [5, 5.41) is 8.55. The molecule has 0 amide bonds. The van der Waals surface area contributed by atoms with Gasteiger partial charge in [-0.2, -0.15) is 0 Å². The third kappa shape index (κ3) is 4.63. The Morgan fingerprint density at radius 3 is 2.05 bits per heavy atom. The lowest BCUT2D eigenvalue weighted by molar-refractivity contribution is 0.144. The van der Waals surface area contributed by atoms with Crippen LogP contribution in [0.15, 0.2) is 48.5 Å². The standard InChI is InChI=1S/C18H20O3/c1-2-3-4-5-14-6-8-15(9-7-14)16-10-12-17(13-11-16)21-18(19)20/h6-13H,2-5H2,1H3,(H,19,20). The summed E-state index contributed by atoms with van der Waals surface area (Å²) >= 11 is 0. The Morgan fingerprint density at radius 1 is 0.952 bits per heavy atom. The van der Waals surface area contributed by atoms with Gasteiger partial charge in [-0.25, -0.2) is 4.79 Å². The van der Waals surface area contributed by atoms with Crippen molar-refractivity contribution in [3.05, 3.63) is 54.1 Å². The minimum Gasteiger partial charge on any atom is -0.449 e. The lowest BCUT2D eigenvalue weighted by Gasteiger charge is -2.06. The highest BCUT2D eigenvalue weighted by atomic mass is 16.7. The van der Waals surface area contributed by atoms with Crippen LogP contribution in [0.5, 0.6) is 5.75 Å². The Labute approximate surface area is 125 Å². The summed E-state index contributed by atoms with van der Waals surface area (Å²) in [4.78, 5) is 10.4. The van der Waals surface area contributed by atoms with Crippen LogP contribution < -0.4 is 4.74 Å². The molecule has 0 atom stereocenters. The van der Waals surface area contributed by atoms with Crippen LogP contribution >= 0.6 is 0 Å². The maximum atomic E-state index is 10.4. The molecule has 2 rings (SSSR count). The topological polar surface area (TPSA) is 46.5 Å². The molecule has 0 aliphatic heterocycles. The van der Waals surface area contributed by atoms with Crippen molar-refractivity contribution in [3.8, 4) is 16.9 Å². The Morgan fingerprint density at radius 2 is 1.52 bits per heavy atom. The van der Waals surface area contributed by atoms with Crippen LogP contribution in [0.4, 0.5) is 4.79 Å². The molecule has 3 heteroatoms. The van der Waals surface area contributed by atoms with E-state index < -0.39 is 6.16 Å². The van der Waals surface area contributed by atoms with Gasteiger partial charge in [0, 0.05) is 0 Å². The molecule has 1 N–H and O–H groups in total. The highest BCUT2D eigenvalue weighted by Gasteiger charge is 2.02. The monoisotopic (exact) mass is 284 g/mol. The van der Waals surface area contributed by atoms with Crippen molar-refractivity contribution in [1.29, 1.82) is 0 Å². The average Bonchev–Trinajstić information content (AvgIpc) is 2.49. The van der Waals surface area contributed by atoms with E-state index in [-0.39, 0.29) is 0 Å². The van der Waals surface area contributed by atoms with Crippen molar-refractivity contribution in [2.24, 2.45) is 0 Å². The zero-order chi connectivity index (χ0) is 15.1. The van der Waals surface area contributed by atoms with Gasteiger partial charge in [-0.05, 0) is 41.7 Å². The Kier molecular flexibility index (Phi) is 5.38. The highest BCUT2D eigenvalue weighted by molar-refractivity contribution is 5.66. The van der Waals surface area contributed by atoms with E-state index in [1.165, 1.54) is 24.8 Å². The first kappa shape index (κ1) is 15.1. The van der Waals surface area contributed by atoms with Crippen molar-refractivity contribution in [2.45, 2.75) is 32.6 Å². The number of aryl methyl sites for hydroxylation is 1. The van der Waals surface area contributed by atoms with Crippen LogP contribution in [0.25, 0.3) is 11.1 Å². The van der Waals surface area contributed by atoms with Crippen molar-refractivity contribution in [2.75, 3.05) is 0 Å². The molecule has 0 bridgehead atoms. The van der Waals surface area contributed by atoms with Crippen molar-refractivity contribution < 1.29 is 14.6 Å². The second-order valence-corrected chi connectivity index (χ2v) is 5.05. The summed E-state index contributed by atoms with van der Waals surface area (Å²) in [5.74, 6) is 0.336. The summed E-state index contributed by atoms with van der Waals surface area (Å²) in [5.41, 5.74) is 3.53. The molecule has 0 spiro atoms. The first-order chi connectivity index (χ1) is 10.2. The van der Waals surface area contributed by atoms with Crippen LogP contribution in [-0.4, -0.2) is 11.3 Å². The molecule has 0 aromatic heterocycles. The highest BCUT2D eigenvalue weighted by Crippen LogP contribution is 2.23. The second kappa shape index (κ2) is 7.48. The Hall–Kier alpha value is -2.29. The number of carboxylic acid groups (broad SMARTS) is 1. The molecular weight excluding hydrogens is 264 g/mol. The Bertz CT molecular complexity index is 570. The fourth-order valence-corrected chi connectivity index (χ4v) is 2.26. The smallest absolute Gasteiger partial charge is 0.449 e. The summed E-state index contributed by atoms with van der Waals surface area (Å²) in [6.07, 6.45) is 3.57. The lowest BCUT2D eigenvalue weighted by atomic mass is 10.0. The predicted octanol–water partition coefficient (Wildman–Crippen LogP) is 5.14. The number of carbonyl (C=O) groups is 1. The van der Waals surface area contributed by atoms with Crippen LogP contribution in [0, 0.1) is 0 Å². The van der Waals surface area contributed by atoms with Gasteiger partial charge in [-0.1, -0.05) is 56.2 Å². The molecule has 0 saturated carbocycles. The van der Waals surface area contributed by atoms with Gasteiger partial charge in [0.25, 0.3) is 0 Å². The van der Waals surface area contributed by atoms with E-state index in [0.29, 0.717) is 5.75 Å². The largest absolute Gasteiger partial charge is 0.511 e. The zero-order valence-electron chi connectivity index (χ0n) is 12.2. The number of rotatable bonds is 6. The van der Waals surface area contributed by atoms with E-state index in [9.17, 15) is 4.79 Å². The minimum atomic E-state index is -1.29. The fourth-order valence-electron chi connectivity index (χ4n) is 2.26. The van der Waals surface area contributed by atoms with Gasteiger partial charge < -0.3 is 9.84 Å². The second-order valence-electron chi connectivity index (χ2n) is 5.05. The first-order valence-electron chi connectivity index (χ1n) is 7.29. The van der Waals surface area contributed by atoms with Crippen LogP contribution in [-0.2, 0) is 6.42 Å². The molecule has 0 saturated heterocycles. The average molecular weight is 284 g/mol. The summed E-state index contributed by atoms with van der Waals surface area (Å²) < 4.78 is 4.60. The normalized spacial score (nSPS) is 10.3. The summed E-state index contributed by atoms with van der Waals surface area (Å²) in [6.45, 7) is 2.21. The molecule has 0 aliphatic rings. The predicted molar refractivity (Wildman–Crippen MR) is 83.8 cm³/mol. The van der Waals surface area contributed by atoms with Gasteiger partial charge in [0.1, 0.15) is 5.75 Å². The molecule has 0 aliphatic carbocycles. The first-order valence-corrected chi connectivity index (χ1v) is 7.29. The molecule has 3 nitrogen and oxygen atoms in total. The Balaban J connectivity index is 2.02. The third-order valence-electron chi connectivity index (χ3n) is 3.42. The molecule has 0 radical (unpaired) electrons. The van der Waals surface area contributed by atoms with Crippen LogP contribution in [0.1, 0.15) is 31.7 Å². The molecule has 110 valence electrons. The fraction of sp³-hybridized carbons (Fsp3) is 0.278. The van der Waals surface area contributed by atoms with Gasteiger partial charge in [0.15, 0.2) is 0 Å². The third-order valence-corrected chi connectivity index (χ3v) is 3.42. The molecule has 2 aromatic rings. The maximum absolute atomic E-state index is 10.4. The zero-order valence-corrected chi connectivity index (χ0v) is 12.2. The number of hydrogen-bond donors (Lipinski definition) is 1. The van der Waals surface area contributed by atoms with Crippen LogP contribution in [0.3, 0.4) is 0 Å². The number of unbranched alkanes of at least 4 members (excludes halogenated alkanes) is 2. The van der Waals surface area contributed by atoms with E-state index in [0.717, 1.165) is 17.5 Å². The van der Waals surface area contributed by atoms with Gasteiger partial charge in [0.05, 0.1) is 0 Å².